The highest BCUT2D eigenvalue weighted by Crippen LogP contribution is 2.14. The van der Waals surface area contributed by atoms with Crippen LogP contribution in [0.25, 0.3) is 0 Å². The summed E-state index contributed by atoms with van der Waals surface area (Å²) < 4.78 is 30.1. The van der Waals surface area contributed by atoms with Crippen LogP contribution in [-0.2, 0) is 0 Å². The molecule has 1 heterocycles. The van der Waals surface area contributed by atoms with Crippen molar-refractivity contribution < 1.29 is 27.2 Å². The number of halogens is 4. The van der Waals surface area contributed by atoms with Gasteiger partial charge in [-0.15, -0.1) is 0 Å². The van der Waals surface area contributed by atoms with Gasteiger partial charge in [-0.25, -0.2) is 0 Å². The molecule has 86 valence electrons. The summed E-state index contributed by atoms with van der Waals surface area (Å²) >= 11 is 0. The van der Waals surface area contributed by atoms with Gasteiger partial charge >= 0.3 is 7.54 Å². The summed E-state index contributed by atoms with van der Waals surface area (Å²) in [6.45, 7) is 3.82. The van der Waals surface area contributed by atoms with Crippen LogP contribution < -0.4 is 4.70 Å². The molecule has 1 N–H and O–H groups in total. The molecule has 0 bridgehead atoms. The van der Waals surface area contributed by atoms with Crippen LogP contribution in [0.5, 0.6) is 0 Å². The molecule has 1 aliphatic rings. The van der Waals surface area contributed by atoms with Crippen LogP contribution in [0.1, 0.15) is 12.8 Å². The molecule has 1 saturated heterocycles. The first-order valence-electron chi connectivity index (χ1n) is 4.37. The first kappa shape index (κ1) is 16.1. The summed E-state index contributed by atoms with van der Waals surface area (Å²) in [7, 11) is -1.44. The average Bonchev–Trinajstić information content (AvgIpc) is 2.35. The van der Waals surface area contributed by atoms with Gasteiger partial charge in [0, 0.05) is 12.8 Å². The number of rotatable bonds is 2. The molecule has 1 aliphatic heterocycles. The lowest BCUT2D eigenvalue weighted by molar-refractivity contribution is -0.897. The number of hydrogen-bond acceptors (Lipinski definition) is 1. The van der Waals surface area contributed by atoms with Gasteiger partial charge in [0.15, 0.2) is 0 Å². The van der Waals surface area contributed by atoms with Crippen LogP contribution in [0.4, 0.5) is 12.9 Å². The predicted octanol–water partition coefficient (Wildman–Crippen LogP) is -1.90. The van der Waals surface area contributed by atoms with Crippen molar-refractivity contribution in [1.82, 2.24) is 0 Å². The molecule has 0 aliphatic carbocycles. The van der Waals surface area contributed by atoms with E-state index >= 15 is 0 Å². The Labute approximate surface area is 81.9 Å². The zero-order valence-corrected chi connectivity index (χ0v) is 8.23. The number of nitrogens with zero attached hydrogens (tertiary/aromatic N) is 1. The van der Waals surface area contributed by atoms with Gasteiger partial charge in [0.2, 0.25) is 0 Å². The normalized spacial score (nSPS) is 17.8. The number of hydrogen-bond donors (Lipinski definition) is 1. The second-order valence-corrected chi connectivity index (χ2v) is 3.47. The fourth-order valence-electron chi connectivity index (χ4n) is 1.56. The molecular formula is C7H16BF4NO. The van der Waals surface area contributed by atoms with Gasteiger partial charge in [-0.3, -0.25) is 12.9 Å². The van der Waals surface area contributed by atoms with Gasteiger partial charge in [0.25, 0.3) is 0 Å². The second-order valence-electron chi connectivity index (χ2n) is 3.47. The molecular weight excluding hydrogens is 201 g/mol. The summed E-state index contributed by atoms with van der Waals surface area (Å²) in [5.41, 5.74) is 0. The molecule has 0 amide bonds. The smallest absolute Gasteiger partial charge is 0.762 e. The Balaban J connectivity index is 0. The van der Waals surface area contributed by atoms with Crippen molar-refractivity contribution in [2.45, 2.75) is 12.8 Å². The van der Waals surface area contributed by atoms with Crippen molar-refractivity contribution in [2.75, 3.05) is 33.3 Å². The highest BCUT2D eigenvalue weighted by atomic mass is 19.4. The molecule has 14 heavy (non-hydrogen) atoms. The molecule has 0 saturated carbocycles. The minimum absolute atomic E-state index is 0. The lowest BCUT2D eigenvalue weighted by Gasteiger charge is -2.27. The van der Waals surface area contributed by atoms with E-state index in [1.807, 2.05) is 0 Å². The van der Waals surface area contributed by atoms with Crippen LogP contribution in [0.15, 0.2) is 0 Å². The highest BCUT2D eigenvalue weighted by Gasteiger charge is 2.25. The lowest BCUT2D eigenvalue weighted by Crippen LogP contribution is -3.00. The van der Waals surface area contributed by atoms with Gasteiger partial charge in [0.1, 0.15) is 6.54 Å². The van der Waals surface area contributed by atoms with E-state index in [0.717, 1.165) is 11.0 Å². The van der Waals surface area contributed by atoms with Crippen molar-refractivity contribution >= 4 is 7.54 Å². The summed E-state index contributed by atoms with van der Waals surface area (Å²) in [6, 6.07) is 0. The van der Waals surface area contributed by atoms with Crippen LogP contribution in [0.3, 0.4) is 0 Å². The van der Waals surface area contributed by atoms with Gasteiger partial charge in [-0.05, 0) is 0 Å². The Morgan fingerprint density at radius 3 is 1.86 bits per heavy atom. The van der Waals surface area contributed by atoms with Gasteiger partial charge in [-0.2, -0.15) is 0 Å². The minimum Gasteiger partial charge on any atom is -1.00 e. The molecule has 0 aromatic rings. The monoisotopic (exact) mass is 217 g/mol. The Bertz CT molecular complexity index is 130. The summed E-state index contributed by atoms with van der Waals surface area (Å²) in [4.78, 5) is 0. The SMILES string of the molecule is C[N+]1(CCO)CCCC1.FB(F)F.[F-]. The topological polar surface area (TPSA) is 20.2 Å². The van der Waals surface area contributed by atoms with Crippen molar-refractivity contribution in [3.8, 4) is 0 Å². The maximum absolute atomic E-state index is 9.67. The molecule has 0 radical (unpaired) electrons. The fourth-order valence-corrected chi connectivity index (χ4v) is 1.56. The fraction of sp³-hybridized carbons (Fsp3) is 1.00. The van der Waals surface area contributed by atoms with Gasteiger partial charge in [-0.1, -0.05) is 0 Å². The van der Waals surface area contributed by atoms with Crippen molar-refractivity contribution in [3.63, 3.8) is 0 Å². The molecule has 0 aromatic carbocycles. The molecule has 7 heteroatoms. The third-order valence-electron chi connectivity index (χ3n) is 2.29. The Morgan fingerprint density at radius 2 is 1.57 bits per heavy atom. The maximum Gasteiger partial charge on any atom is 0.762 e. The van der Waals surface area contributed by atoms with Gasteiger partial charge < -0.3 is 14.3 Å². The predicted molar refractivity (Wildman–Crippen MR) is 46.2 cm³/mol. The minimum atomic E-state index is -3.67. The molecule has 0 spiro atoms. The van der Waals surface area contributed by atoms with E-state index in [-0.39, 0.29) is 4.70 Å². The summed E-state index contributed by atoms with van der Waals surface area (Å²) in [5.74, 6) is 0. The van der Waals surface area contributed by atoms with E-state index in [9.17, 15) is 12.9 Å². The van der Waals surface area contributed by atoms with E-state index in [0.29, 0.717) is 6.61 Å². The Morgan fingerprint density at radius 1 is 1.21 bits per heavy atom. The first-order valence-corrected chi connectivity index (χ1v) is 4.37. The molecule has 1 rings (SSSR count). The van der Waals surface area contributed by atoms with E-state index in [4.69, 9.17) is 5.11 Å². The van der Waals surface area contributed by atoms with Crippen LogP contribution >= 0.6 is 0 Å². The third-order valence-corrected chi connectivity index (χ3v) is 2.29. The highest BCUT2D eigenvalue weighted by molar-refractivity contribution is 6.33. The Kier molecular flexibility index (Phi) is 9.28. The largest absolute Gasteiger partial charge is 1.00 e. The van der Waals surface area contributed by atoms with Crippen LogP contribution in [0.2, 0.25) is 0 Å². The zero-order chi connectivity index (χ0) is 10.3. The second kappa shape index (κ2) is 8.05. The Hall–Kier alpha value is -0.295. The first-order chi connectivity index (χ1) is 6.00. The van der Waals surface area contributed by atoms with Crippen molar-refractivity contribution in [2.24, 2.45) is 0 Å². The van der Waals surface area contributed by atoms with Crippen LogP contribution in [0, 0.1) is 0 Å². The average molecular weight is 217 g/mol. The van der Waals surface area contributed by atoms with Crippen molar-refractivity contribution in [3.05, 3.63) is 0 Å². The molecule has 0 atom stereocenters. The number of likely N-dealkylation sites (tertiary alicyclic amines) is 1. The molecule has 1 fully saturated rings. The summed E-state index contributed by atoms with van der Waals surface area (Å²) in [5, 5.41) is 8.68. The van der Waals surface area contributed by atoms with Gasteiger partial charge in [0.05, 0.1) is 26.7 Å². The quantitative estimate of drug-likeness (QED) is 0.325. The van der Waals surface area contributed by atoms with E-state index in [1.54, 1.807) is 0 Å². The van der Waals surface area contributed by atoms with E-state index in [1.165, 1.54) is 25.9 Å². The standard InChI is InChI=1S/C7H16NO.BF3.FH/c1-8(6-7-9)4-2-3-5-8;2-1(3)4;/h9H,2-7H2,1H3;;1H/q+1;;/p-1. The molecule has 0 aromatic heterocycles. The lowest BCUT2D eigenvalue weighted by atomic mass is 10.4. The molecule has 2 nitrogen and oxygen atoms in total. The van der Waals surface area contributed by atoms with E-state index < -0.39 is 7.54 Å². The number of likely N-dealkylation sites (N-methyl/N-ethyl adjacent to an activating group) is 1. The molecule has 0 unspecified atom stereocenters. The van der Waals surface area contributed by atoms with Crippen molar-refractivity contribution in [1.29, 1.82) is 0 Å². The number of aliphatic hydroxyl groups is 1. The number of quaternary nitrogens is 1. The number of aliphatic hydroxyl groups excluding tert-OH is 1. The van der Waals surface area contributed by atoms with Crippen LogP contribution in [-0.4, -0.2) is 50.4 Å². The third kappa shape index (κ3) is 8.31. The summed E-state index contributed by atoms with van der Waals surface area (Å²) in [6.07, 6.45) is 2.69. The zero-order valence-electron chi connectivity index (χ0n) is 8.23. The van der Waals surface area contributed by atoms with E-state index in [2.05, 4.69) is 7.05 Å². The maximum atomic E-state index is 9.67.